The van der Waals surface area contributed by atoms with Gasteiger partial charge in [0.05, 0.1) is 0 Å². The molecule has 0 aromatic heterocycles. The summed E-state index contributed by atoms with van der Waals surface area (Å²) in [5, 5.41) is 29.9. The number of nitrogens with zero attached hydrogens (tertiary/aromatic N) is 1. The molecule has 2 aliphatic carbocycles. The average Bonchev–Trinajstić information content (AvgIpc) is 2.91. The highest BCUT2D eigenvalue weighted by molar-refractivity contribution is 5.90. The molecule has 0 radical (unpaired) electrons. The molecule has 5 rings (SSSR count). The van der Waals surface area contributed by atoms with Crippen LogP contribution in [0, 0.1) is 5.92 Å². The number of likely N-dealkylation sites (tertiary alicyclic amines) is 1. The van der Waals surface area contributed by atoms with Gasteiger partial charge in [0, 0.05) is 29.0 Å². The number of hydrogen-bond donors (Lipinski definition) is 3. The maximum atomic E-state index is 12.6. The lowest BCUT2D eigenvalue weighted by Crippen LogP contribution is -2.65. The van der Waals surface area contributed by atoms with Crippen molar-refractivity contribution in [3.05, 3.63) is 11.1 Å². The maximum Gasteiger partial charge on any atom is 0.252 e. The Hall–Kier alpha value is -1.99. The number of Topliss-reactive ketones (excluding diaryl/α,β-unsaturated/α-hetero) is 1. The van der Waals surface area contributed by atoms with Gasteiger partial charge in [-0.25, -0.2) is 5.26 Å². The van der Waals surface area contributed by atoms with Crippen molar-refractivity contribution in [1.29, 1.82) is 0 Å². The molecule has 24 heavy (non-hydrogen) atoms. The zero-order valence-electron chi connectivity index (χ0n) is 13.3. The molecule has 2 fully saturated rings. The van der Waals surface area contributed by atoms with E-state index >= 15 is 0 Å². The predicted octanol–water partition coefficient (Wildman–Crippen LogP) is 1.19. The van der Waals surface area contributed by atoms with Crippen LogP contribution in [-0.2, 0) is 16.6 Å². The summed E-state index contributed by atoms with van der Waals surface area (Å²) in [5.74, 6) is -0.592. The Morgan fingerprint density at radius 2 is 2.12 bits per heavy atom. The molecule has 1 aromatic rings. The van der Waals surface area contributed by atoms with Crippen molar-refractivity contribution in [2.24, 2.45) is 5.92 Å². The van der Waals surface area contributed by atoms with Crippen LogP contribution in [0.4, 0.5) is 0 Å². The Bertz CT molecular complexity index is 777. The standard InChI is InChI=1S/C17H19NO6/c1-18-5-4-17-8-2-3-10(19)16(17)23-14-11(17)7(6-9(8)18)12(20)13(21)15(14)24-22/h8-9,16,20-22H,2-6H2,1H3/t8-,9+,16-,17-/m0/s1. The first-order valence-corrected chi connectivity index (χ1v) is 8.33. The molecule has 0 amide bonds. The predicted molar refractivity (Wildman–Crippen MR) is 81.6 cm³/mol. The largest absolute Gasteiger partial charge is 0.504 e. The molecule has 3 N–H and O–H groups in total. The molecule has 1 aromatic carbocycles. The van der Waals surface area contributed by atoms with Gasteiger partial charge >= 0.3 is 0 Å². The topological polar surface area (TPSA) is 99.5 Å². The molecule has 4 atom stereocenters. The highest BCUT2D eigenvalue weighted by Crippen LogP contribution is 2.66. The van der Waals surface area contributed by atoms with Crippen LogP contribution in [0.1, 0.15) is 30.4 Å². The van der Waals surface area contributed by atoms with Crippen molar-refractivity contribution in [2.75, 3.05) is 13.6 Å². The third-order valence-corrected chi connectivity index (χ3v) is 6.70. The number of phenolic OH excluding ortho intramolecular Hbond substituents is 2. The van der Waals surface area contributed by atoms with Crippen molar-refractivity contribution in [1.82, 2.24) is 4.90 Å². The van der Waals surface area contributed by atoms with E-state index in [2.05, 4.69) is 16.8 Å². The highest BCUT2D eigenvalue weighted by Gasteiger charge is 2.66. The van der Waals surface area contributed by atoms with Crippen LogP contribution in [0.2, 0.25) is 0 Å². The summed E-state index contributed by atoms with van der Waals surface area (Å²) in [6, 6.07) is 0.197. The number of benzene rings is 1. The second-order valence-electron chi connectivity index (χ2n) is 7.45. The van der Waals surface area contributed by atoms with E-state index in [9.17, 15) is 20.3 Å². The second kappa shape index (κ2) is 4.34. The third-order valence-electron chi connectivity index (χ3n) is 6.70. The summed E-state index contributed by atoms with van der Waals surface area (Å²) in [7, 11) is 2.06. The third kappa shape index (κ3) is 1.36. The number of ether oxygens (including phenoxy) is 1. The van der Waals surface area contributed by atoms with Crippen molar-refractivity contribution in [2.45, 2.75) is 43.2 Å². The van der Waals surface area contributed by atoms with Gasteiger partial charge in [-0.15, -0.1) is 0 Å². The van der Waals surface area contributed by atoms with Gasteiger partial charge in [-0.1, -0.05) is 0 Å². The molecule has 1 saturated heterocycles. The number of carbonyl (C=O) groups excluding carboxylic acids is 1. The van der Waals surface area contributed by atoms with Gasteiger partial charge in [0.25, 0.3) is 5.75 Å². The number of piperidine rings is 1. The maximum absolute atomic E-state index is 12.6. The van der Waals surface area contributed by atoms with Gasteiger partial charge < -0.3 is 24.7 Å². The van der Waals surface area contributed by atoms with Crippen molar-refractivity contribution in [3.63, 3.8) is 0 Å². The van der Waals surface area contributed by atoms with Crippen molar-refractivity contribution in [3.8, 4) is 23.0 Å². The van der Waals surface area contributed by atoms with Crippen molar-refractivity contribution >= 4 is 5.78 Å². The molecular weight excluding hydrogens is 314 g/mol. The van der Waals surface area contributed by atoms with Gasteiger partial charge in [0.1, 0.15) is 0 Å². The molecule has 1 spiro atoms. The number of aromatic hydroxyl groups is 2. The van der Waals surface area contributed by atoms with Crippen LogP contribution >= 0.6 is 0 Å². The highest BCUT2D eigenvalue weighted by atomic mass is 17.1. The minimum absolute atomic E-state index is 0.0430. The summed E-state index contributed by atoms with van der Waals surface area (Å²) >= 11 is 0. The summed E-state index contributed by atoms with van der Waals surface area (Å²) in [4.78, 5) is 19.2. The molecule has 4 aliphatic rings. The van der Waals surface area contributed by atoms with Crippen LogP contribution < -0.4 is 9.62 Å². The zero-order chi connectivity index (χ0) is 16.8. The van der Waals surface area contributed by atoms with E-state index in [-0.39, 0.29) is 35.0 Å². The Balaban J connectivity index is 1.87. The molecule has 2 heterocycles. The monoisotopic (exact) mass is 333 g/mol. The minimum atomic E-state index is -0.628. The van der Waals surface area contributed by atoms with Gasteiger partial charge in [0.15, 0.2) is 23.4 Å². The Kier molecular flexibility index (Phi) is 2.60. The van der Waals surface area contributed by atoms with Gasteiger partial charge in [0.2, 0.25) is 5.75 Å². The van der Waals surface area contributed by atoms with E-state index in [1.165, 1.54) is 0 Å². The van der Waals surface area contributed by atoms with Crippen LogP contribution in [0.15, 0.2) is 0 Å². The normalized spacial score (nSPS) is 36.2. The number of rotatable bonds is 1. The fraction of sp³-hybridized carbons (Fsp3) is 0.588. The summed E-state index contributed by atoms with van der Waals surface area (Å²) in [6.45, 7) is 0.837. The lowest BCUT2D eigenvalue weighted by Gasteiger charge is -2.57. The van der Waals surface area contributed by atoms with E-state index in [1.807, 2.05) is 0 Å². The molecule has 2 bridgehead atoms. The second-order valence-corrected chi connectivity index (χ2v) is 7.45. The number of ketones is 1. The first-order chi connectivity index (χ1) is 11.5. The van der Waals surface area contributed by atoms with Crippen LogP contribution in [-0.4, -0.2) is 51.9 Å². The average molecular weight is 333 g/mol. The first kappa shape index (κ1) is 14.4. The fourth-order valence-corrected chi connectivity index (χ4v) is 5.71. The fourth-order valence-electron chi connectivity index (χ4n) is 5.71. The Morgan fingerprint density at radius 3 is 2.88 bits per heavy atom. The SMILES string of the molecule is CN1CC[C@]23c4c5c(O)c(O)c(OO)c4O[C@H]2C(=O)CC[C@H]3[C@H]1C5. The number of carbonyl (C=O) groups is 1. The van der Waals surface area contributed by atoms with E-state index in [4.69, 9.17) is 4.74 Å². The van der Waals surface area contributed by atoms with Gasteiger partial charge in [-0.2, -0.15) is 0 Å². The van der Waals surface area contributed by atoms with E-state index in [0.29, 0.717) is 18.4 Å². The molecule has 7 heteroatoms. The minimum Gasteiger partial charge on any atom is -0.504 e. The summed E-state index contributed by atoms with van der Waals surface area (Å²) in [5.41, 5.74) is 0.885. The lowest BCUT2D eigenvalue weighted by molar-refractivity contribution is -0.143. The zero-order valence-corrected chi connectivity index (χ0v) is 13.3. The summed E-state index contributed by atoms with van der Waals surface area (Å²) < 4.78 is 5.96. The molecule has 2 aliphatic heterocycles. The van der Waals surface area contributed by atoms with Gasteiger partial charge in [-0.05, 0) is 38.8 Å². The first-order valence-electron chi connectivity index (χ1n) is 8.33. The van der Waals surface area contributed by atoms with Crippen molar-refractivity contribution < 1.29 is 29.9 Å². The van der Waals surface area contributed by atoms with E-state index in [0.717, 1.165) is 24.9 Å². The van der Waals surface area contributed by atoms with Crippen LogP contribution in [0.5, 0.6) is 23.0 Å². The van der Waals surface area contributed by atoms with E-state index in [1.54, 1.807) is 0 Å². The molecule has 128 valence electrons. The summed E-state index contributed by atoms with van der Waals surface area (Å²) in [6.07, 6.45) is 1.97. The number of likely N-dealkylation sites (N-methyl/N-ethyl adjacent to an activating group) is 1. The molecule has 7 nitrogen and oxygen atoms in total. The van der Waals surface area contributed by atoms with Gasteiger partial charge in [-0.3, -0.25) is 4.79 Å². The quantitative estimate of drug-likeness (QED) is 0.403. The lowest BCUT2D eigenvalue weighted by atomic mass is 9.51. The Morgan fingerprint density at radius 1 is 1.33 bits per heavy atom. The Labute approximate surface area is 138 Å². The molecule has 0 unspecified atom stereocenters. The number of phenols is 2. The molecular formula is C17H19NO6. The van der Waals surface area contributed by atoms with Crippen LogP contribution in [0.3, 0.4) is 0 Å². The molecule has 1 saturated carbocycles. The van der Waals surface area contributed by atoms with Crippen LogP contribution in [0.25, 0.3) is 0 Å². The smallest absolute Gasteiger partial charge is 0.252 e. The van der Waals surface area contributed by atoms with E-state index < -0.39 is 17.3 Å². The number of hydrogen-bond acceptors (Lipinski definition) is 7.